The number of benzene rings is 3. The fourth-order valence-electron chi connectivity index (χ4n) is 4.05. The molecular formula is C25H18F6O. The summed E-state index contributed by atoms with van der Waals surface area (Å²) in [7, 11) is 0. The Morgan fingerprint density at radius 1 is 0.844 bits per heavy atom. The first-order valence-corrected chi connectivity index (χ1v) is 9.89. The van der Waals surface area contributed by atoms with Crippen LogP contribution in [0.1, 0.15) is 29.2 Å². The Morgan fingerprint density at radius 3 is 2.03 bits per heavy atom. The fraction of sp³-hybridized carbons (Fsp3) is 0.200. The molecule has 0 saturated heterocycles. The second-order valence-electron chi connectivity index (χ2n) is 7.94. The van der Waals surface area contributed by atoms with Gasteiger partial charge in [-0.1, -0.05) is 37.8 Å². The number of rotatable bonds is 5. The van der Waals surface area contributed by atoms with Crippen LogP contribution in [0.4, 0.5) is 26.3 Å². The van der Waals surface area contributed by atoms with E-state index in [0.29, 0.717) is 23.6 Å². The van der Waals surface area contributed by atoms with Crippen LogP contribution in [0, 0.1) is 29.2 Å². The van der Waals surface area contributed by atoms with E-state index in [-0.39, 0.29) is 5.56 Å². The van der Waals surface area contributed by atoms with Crippen molar-refractivity contribution in [2.75, 3.05) is 0 Å². The van der Waals surface area contributed by atoms with Gasteiger partial charge < -0.3 is 4.74 Å². The number of halogens is 6. The minimum atomic E-state index is -4.52. The average Bonchev–Trinajstić information content (AvgIpc) is 3.05. The summed E-state index contributed by atoms with van der Waals surface area (Å²) in [5.74, 6) is -5.94. The van der Waals surface area contributed by atoms with Crippen molar-refractivity contribution in [2.24, 2.45) is 5.92 Å². The van der Waals surface area contributed by atoms with Gasteiger partial charge in [0.25, 0.3) is 0 Å². The smallest absolute Gasteiger partial charge is 0.429 e. The van der Waals surface area contributed by atoms with Crippen LogP contribution in [0.2, 0.25) is 0 Å². The van der Waals surface area contributed by atoms with Gasteiger partial charge in [-0.25, -0.2) is 17.6 Å². The van der Waals surface area contributed by atoms with Gasteiger partial charge in [0.1, 0.15) is 34.6 Å². The first kappa shape index (κ1) is 22.0. The number of hydrogen-bond donors (Lipinski definition) is 0. The third kappa shape index (κ3) is 3.99. The lowest BCUT2D eigenvalue weighted by atomic mass is 9.98. The van der Waals surface area contributed by atoms with E-state index in [4.69, 9.17) is 0 Å². The lowest BCUT2D eigenvalue weighted by Gasteiger charge is -2.20. The van der Waals surface area contributed by atoms with Crippen molar-refractivity contribution < 1.29 is 31.1 Å². The first-order valence-electron chi connectivity index (χ1n) is 9.89. The molecule has 1 aliphatic rings. The Morgan fingerprint density at radius 2 is 1.44 bits per heavy atom. The molecule has 1 nitrogen and oxygen atoms in total. The maximum Gasteiger partial charge on any atom is 0.432 e. The lowest BCUT2D eigenvalue weighted by molar-refractivity contribution is -0.189. The van der Waals surface area contributed by atoms with Crippen LogP contribution in [-0.4, -0.2) is 0 Å². The SMILES string of the molecule is C=Cc1c(F)cc(OC(F)(F)c2c(F)cc(-c3ccc4c(c3)CC(C)C4)cc2F)cc1F. The van der Waals surface area contributed by atoms with E-state index in [0.717, 1.165) is 42.2 Å². The molecular weight excluding hydrogens is 430 g/mol. The molecule has 7 heteroatoms. The van der Waals surface area contributed by atoms with Crippen molar-refractivity contribution in [2.45, 2.75) is 25.9 Å². The molecule has 0 saturated carbocycles. The van der Waals surface area contributed by atoms with Crippen LogP contribution in [-0.2, 0) is 19.0 Å². The van der Waals surface area contributed by atoms with E-state index in [1.54, 1.807) is 12.1 Å². The van der Waals surface area contributed by atoms with Crippen LogP contribution in [0.3, 0.4) is 0 Å². The van der Waals surface area contributed by atoms with Crippen molar-refractivity contribution >= 4 is 6.08 Å². The predicted molar refractivity (Wildman–Crippen MR) is 109 cm³/mol. The molecule has 0 amide bonds. The molecule has 0 aromatic heterocycles. The molecule has 3 aromatic carbocycles. The van der Waals surface area contributed by atoms with Gasteiger partial charge >= 0.3 is 6.11 Å². The lowest BCUT2D eigenvalue weighted by Crippen LogP contribution is -2.25. The number of ether oxygens (including phenoxy) is 1. The van der Waals surface area contributed by atoms with Crippen LogP contribution in [0.25, 0.3) is 17.2 Å². The summed E-state index contributed by atoms with van der Waals surface area (Å²) in [6.07, 6.45) is -1.91. The van der Waals surface area contributed by atoms with E-state index < -0.39 is 46.3 Å². The quantitative estimate of drug-likeness (QED) is 0.369. The maximum absolute atomic E-state index is 14.6. The molecule has 32 heavy (non-hydrogen) atoms. The second kappa shape index (κ2) is 8.04. The van der Waals surface area contributed by atoms with E-state index in [2.05, 4.69) is 18.2 Å². The standard InChI is InChI=1S/C25H18F6O/c1-3-19-20(26)11-18(12-21(19)27)32-25(30,31)24-22(28)9-17(10-23(24)29)15-5-4-14-6-13(2)7-16(14)8-15/h3-5,8-13H,1,6-7H2,2H3. The average molecular weight is 448 g/mol. The van der Waals surface area contributed by atoms with Gasteiger partial charge in [0, 0.05) is 17.7 Å². The van der Waals surface area contributed by atoms with Gasteiger partial charge in [0.15, 0.2) is 0 Å². The highest BCUT2D eigenvalue weighted by Gasteiger charge is 2.41. The summed E-state index contributed by atoms with van der Waals surface area (Å²) in [6, 6.07) is 7.91. The van der Waals surface area contributed by atoms with Gasteiger partial charge in [-0.2, -0.15) is 8.78 Å². The van der Waals surface area contributed by atoms with Gasteiger partial charge in [0.2, 0.25) is 0 Å². The Labute approximate surface area is 181 Å². The molecule has 0 radical (unpaired) electrons. The van der Waals surface area contributed by atoms with Gasteiger partial charge in [-0.3, -0.25) is 0 Å². The molecule has 3 aromatic rings. The molecule has 0 spiro atoms. The van der Waals surface area contributed by atoms with Crippen molar-refractivity contribution in [3.05, 3.63) is 94.6 Å². The van der Waals surface area contributed by atoms with Crippen molar-refractivity contribution in [1.29, 1.82) is 0 Å². The topological polar surface area (TPSA) is 9.23 Å². The third-order valence-electron chi connectivity index (χ3n) is 5.51. The Kier molecular flexibility index (Phi) is 5.53. The third-order valence-corrected chi connectivity index (χ3v) is 5.51. The highest BCUT2D eigenvalue weighted by molar-refractivity contribution is 5.66. The summed E-state index contributed by atoms with van der Waals surface area (Å²) in [5.41, 5.74) is 0.613. The highest BCUT2D eigenvalue weighted by Crippen LogP contribution is 2.38. The molecule has 0 heterocycles. The monoisotopic (exact) mass is 448 g/mol. The minimum absolute atomic E-state index is 0.0920. The van der Waals surface area contributed by atoms with E-state index >= 15 is 0 Å². The molecule has 0 fully saturated rings. The molecule has 0 N–H and O–H groups in total. The molecule has 166 valence electrons. The first-order chi connectivity index (χ1) is 15.1. The number of hydrogen-bond acceptors (Lipinski definition) is 1. The normalized spacial score (nSPS) is 15.5. The van der Waals surface area contributed by atoms with Gasteiger partial charge in [-0.15, -0.1) is 0 Å². The minimum Gasteiger partial charge on any atom is -0.429 e. The number of alkyl halides is 2. The molecule has 1 unspecified atom stereocenters. The number of fused-ring (bicyclic) bond motifs is 1. The fourth-order valence-corrected chi connectivity index (χ4v) is 4.05. The van der Waals surface area contributed by atoms with Crippen LogP contribution in [0.5, 0.6) is 5.75 Å². The molecule has 1 aliphatic carbocycles. The van der Waals surface area contributed by atoms with Crippen LogP contribution in [0.15, 0.2) is 49.0 Å². The summed E-state index contributed by atoms with van der Waals surface area (Å²) in [4.78, 5) is 0. The zero-order valence-corrected chi connectivity index (χ0v) is 17.0. The van der Waals surface area contributed by atoms with Gasteiger partial charge in [-0.05, 0) is 53.1 Å². The maximum atomic E-state index is 14.6. The summed E-state index contributed by atoms with van der Waals surface area (Å²) < 4.78 is 90.4. The summed E-state index contributed by atoms with van der Waals surface area (Å²) in [6.45, 7) is 5.31. The summed E-state index contributed by atoms with van der Waals surface area (Å²) >= 11 is 0. The van der Waals surface area contributed by atoms with Gasteiger partial charge in [0.05, 0.1) is 0 Å². The van der Waals surface area contributed by atoms with E-state index in [9.17, 15) is 26.3 Å². The molecule has 0 bridgehead atoms. The molecule has 4 rings (SSSR count). The second-order valence-corrected chi connectivity index (χ2v) is 7.94. The zero-order chi connectivity index (χ0) is 23.2. The Hall–Kier alpha value is -3.22. The van der Waals surface area contributed by atoms with Crippen molar-refractivity contribution in [3.63, 3.8) is 0 Å². The molecule has 0 aliphatic heterocycles. The molecule has 1 atom stereocenters. The van der Waals surface area contributed by atoms with Crippen molar-refractivity contribution in [1.82, 2.24) is 0 Å². The summed E-state index contributed by atoms with van der Waals surface area (Å²) in [5, 5.41) is 0. The van der Waals surface area contributed by atoms with E-state index in [1.807, 2.05) is 6.07 Å². The predicted octanol–water partition coefficient (Wildman–Crippen LogP) is 7.42. The zero-order valence-electron chi connectivity index (χ0n) is 17.0. The largest absolute Gasteiger partial charge is 0.432 e. The van der Waals surface area contributed by atoms with Crippen LogP contribution >= 0.6 is 0 Å². The van der Waals surface area contributed by atoms with Crippen LogP contribution < -0.4 is 4.74 Å². The van der Waals surface area contributed by atoms with Crippen molar-refractivity contribution in [3.8, 4) is 16.9 Å². The Bertz CT molecular complexity index is 1170. The van der Waals surface area contributed by atoms with E-state index in [1.165, 1.54) is 0 Å². The highest BCUT2D eigenvalue weighted by atomic mass is 19.3. The Balaban J connectivity index is 1.67.